The maximum absolute atomic E-state index is 12.0. The number of nitrogens with two attached hydrogens (primary N) is 1. The fourth-order valence-corrected chi connectivity index (χ4v) is 2.94. The van der Waals surface area contributed by atoms with E-state index in [1.807, 2.05) is 19.1 Å². The minimum Gasteiger partial charge on any atom is -0.494 e. The first-order chi connectivity index (χ1) is 15.0. The summed E-state index contributed by atoms with van der Waals surface area (Å²) < 4.78 is 11.5. The van der Waals surface area contributed by atoms with Gasteiger partial charge in [-0.05, 0) is 66.6 Å². The van der Waals surface area contributed by atoms with E-state index in [1.54, 1.807) is 54.9 Å². The minimum absolute atomic E-state index is 0.0539. The Morgan fingerprint density at radius 3 is 2.32 bits per heavy atom. The Hall–Kier alpha value is -4.07. The number of amidine groups is 1. The van der Waals surface area contributed by atoms with Crippen LogP contribution in [0.3, 0.4) is 0 Å². The first-order valence-corrected chi connectivity index (χ1v) is 9.69. The molecule has 0 saturated carbocycles. The van der Waals surface area contributed by atoms with Gasteiger partial charge < -0.3 is 25.6 Å². The van der Waals surface area contributed by atoms with Crippen molar-refractivity contribution in [1.82, 2.24) is 4.98 Å². The van der Waals surface area contributed by atoms with Crippen LogP contribution in [0.15, 0.2) is 67.0 Å². The average molecular weight is 420 g/mol. The van der Waals surface area contributed by atoms with Gasteiger partial charge in [0.2, 0.25) is 0 Å². The van der Waals surface area contributed by atoms with Gasteiger partial charge in [0, 0.05) is 29.7 Å². The minimum atomic E-state index is -1.05. The van der Waals surface area contributed by atoms with Crippen LogP contribution in [-0.2, 0) is 11.4 Å². The lowest BCUT2D eigenvalue weighted by Crippen LogP contribution is -2.21. The molecule has 3 rings (SSSR count). The summed E-state index contributed by atoms with van der Waals surface area (Å²) in [5.41, 5.74) is 8.04. The standard InChI is InChI=1S/C23H24N4O4/c1-2-30-19-11-17(12-20(13-19)31-14-15-7-9-26-10-8-15)21(23(28)29)27-18-5-3-16(4-6-18)22(24)25/h3-13,21,27H,2,14H2,1H3,(H3,24,25)(H,28,29)/t21-/m1/s1. The van der Waals surface area contributed by atoms with Crippen LogP contribution in [0, 0.1) is 5.41 Å². The number of nitrogens with one attached hydrogen (secondary N) is 2. The Bertz CT molecular complexity index is 1040. The third kappa shape index (κ3) is 5.96. The van der Waals surface area contributed by atoms with E-state index >= 15 is 0 Å². The molecular weight excluding hydrogens is 396 g/mol. The van der Waals surface area contributed by atoms with E-state index in [4.69, 9.17) is 20.6 Å². The number of nitrogen functional groups attached to an aromatic ring is 1. The third-order valence-corrected chi connectivity index (χ3v) is 4.46. The van der Waals surface area contributed by atoms with Crippen molar-refractivity contribution in [2.75, 3.05) is 11.9 Å². The van der Waals surface area contributed by atoms with Crippen molar-refractivity contribution in [2.24, 2.45) is 5.73 Å². The molecule has 8 heteroatoms. The van der Waals surface area contributed by atoms with E-state index in [2.05, 4.69) is 10.3 Å². The van der Waals surface area contributed by atoms with Gasteiger partial charge in [0.1, 0.15) is 23.9 Å². The molecule has 0 spiro atoms. The molecule has 0 aliphatic carbocycles. The van der Waals surface area contributed by atoms with Gasteiger partial charge >= 0.3 is 5.97 Å². The van der Waals surface area contributed by atoms with Gasteiger partial charge in [-0.15, -0.1) is 0 Å². The van der Waals surface area contributed by atoms with E-state index in [0.29, 0.717) is 41.5 Å². The molecule has 160 valence electrons. The number of anilines is 1. The number of carbonyl (C=O) groups is 1. The maximum atomic E-state index is 12.0. The highest BCUT2D eigenvalue weighted by Crippen LogP contribution is 2.30. The lowest BCUT2D eigenvalue weighted by molar-refractivity contribution is -0.138. The first-order valence-electron chi connectivity index (χ1n) is 9.69. The number of carboxylic acids is 1. The molecule has 5 N–H and O–H groups in total. The molecule has 31 heavy (non-hydrogen) atoms. The Labute approximate surface area is 180 Å². The smallest absolute Gasteiger partial charge is 0.330 e. The fourth-order valence-electron chi connectivity index (χ4n) is 2.94. The summed E-state index contributed by atoms with van der Waals surface area (Å²) in [6.45, 7) is 2.60. The Kier molecular flexibility index (Phi) is 7.05. The molecule has 0 amide bonds. The van der Waals surface area contributed by atoms with Gasteiger partial charge in [0.15, 0.2) is 6.04 Å². The van der Waals surface area contributed by atoms with Crippen LogP contribution in [-0.4, -0.2) is 28.5 Å². The van der Waals surface area contributed by atoms with Gasteiger partial charge in [-0.1, -0.05) is 0 Å². The molecule has 0 bridgehead atoms. The molecule has 0 aliphatic heterocycles. The summed E-state index contributed by atoms with van der Waals surface area (Å²) in [7, 11) is 0. The number of benzene rings is 2. The summed E-state index contributed by atoms with van der Waals surface area (Å²) in [4.78, 5) is 16.0. The van der Waals surface area contributed by atoms with Crippen LogP contribution < -0.4 is 20.5 Å². The number of ether oxygens (including phenoxy) is 2. The number of hydrogen-bond donors (Lipinski definition) is 4. The van der Waals surface area contributed by atoms with Crippen molar-refractivity contribution >= 4 is 17.5 Å². The van der Waals surface area contributed by atoms with Gasteiger partial charge in [-0.25, -0.2) is 4.79 Å². The third-order valence-electron chi connectivity index (χ3n) is 4.46. The van der Waals surface area contributed by atoms with Crippen molar-refractivity contribution in [3.8, 4) is 11.5 Å². The summed E-state index contributed by atoms with van der Waals surface area (Å²) in [5, 5.41) is 20.3. The first kappa shape index (κ1) is 21.6. The summed E-state index contributed by atoms with van der Waals surface area (Å²) >= 11 is 0. The van der Waals surface area contributed by atoms with Gasteiger partial charge in [0.25, 0.3) is 0 Å². The zero-order chi connectivity index (χ0) is 22.2. The Morgan fingerprint density at radius 1 is 1.10 bits per heavy atom. The van der Waals surface area contributed by atoms with Crippen molar-refractivity contribution in [2.45, 2.75) is 19.6 Å². The van der Waals surface area contributed by atoms with E-state index in [0.717, 1.165) is 5.56 Å². The van der Waals surface area contributed by atoms with E-state index < -0.39 is 12.0 Å². The maximum Gasteiger partial charge on any atom is 0.330 e. The normalized spacial score (nSPS) is 11.4. The Morgan fingerprint density at radius 2 is 1.74 bits per heavy atom. The molecular formula is C23H24N4O4. The van der Waals surface area contributed by atoms with E-state index in [9.17, 15) is 9.90 Å². The molecule has 0 fully saturated rings. The van der Waals surface area contributed by atoms with Gasteiger partial charge in [0.05, 0.1) is 6.61 Å². The lowest BCUT2D eigenvalue weighted by Gasteiger charge is -2.19. The van der Waals surface area contributed by atoms with E-state index in [1.165, 1.54) is 0 Å². The molecule has 2 aromatic carbocycles. The molecule has 0 saturated heterocycles. The van der Waals surface area contributed by atoms with Crippen molar-refractivity contribution in [1.29, 1.82) is 5.41 Å². The fraction of sp³-hybridized carbons (Fsp3) is 0.174. The highest BCUT2D eigenvalue weighted by Gasteiger charge is 2.22. The number of carboxylic acid groups (broad SMARTS) is 1. The molecule has 3 aromatic rings. The highest BCUT2D eigenvalue weighted by atomic mass is 16.5. The summed E-state index contributed by atoms with van der Waals surface area (Å²) in [5.74, 6) is -0.0893. The van der Waals surface area contributed by atoms with Crippen molar-refractivity contribution in [3.05, 3.63) is 83.7 Å². The van der Waals surface area contributed by atoms with Crippen LogP contribution in [0.25, 0.3) is 0 Å². The largest absolute Gasteiger partial charge is 0.494 e. The quantitative estimate of drug-likeness (QED) is 0.291. The van der Waals surface area contributed by atoms with Crippen molar-refractivity contribution < 1.29 is 19.4 Å². The SMILES string of the molecule is CCOc1cc(OCc2ccncc2)cc([C@@H](Nc2ccc(C(=N)N)cc2)C(=O)O)c1. The number of hydrogen-bond acceptors (Lipinski definition) is 6. The van der Waals surface area contributed by atoms with Crippen LogP contribution in [0.5, 0.6) is 11.5 Å². The van der Waals surface area contributed by atoms with Crippen LogP contribution >= 0.6 is 0 Å². The topological polar surface area (TPSA) is 131 Å². The van der Waals surface area contributed by atoms with Gasteiger partial charge in [-0.2, -0.15) is 0 Å². The van der Waals surface area contributed by atoms with Crippen LogP contribution in [0.1, 0.15) is 29.7 Å². The number of aromatic nitrogens is 1. The Balaban J connectivity index is 1.86. The number of nitrogens with zero attached hydrogens (tertiary/aromatic N) is 1. The molecule has 1 atom stereocenters. The molecule has 8 nitrogen and oxygen atoms in total. The average Bonchev–Trinajstić information content (AvgIpc) is 2.77. The number of rotatable bonds is 10. The second-order valence-electron chi connectivity index (χ2n) is 6.72. The monoisotopic (exact) mass is 420 g/mol. The summed E-state index contributed by atoms with van der Waals surface area (Å²) in [6.07, 6.45) is 3.37. The predicted octanol–water partition coefficient (Wildman–Crippen LogP) is 3.58. The van der Waals surface area contributed by atoms with Gasteiger partial charge in [-0.3, -0.25) is 10.4 Å². The highest BCUT2D eigenvalue weighted by molar-refractivity contribution is 5.95. The van der Waals surface area contributed by atoms with Crippen molar-refractivity contribution in [3.63, 3.8) is 0 Å². The zero-order valence-corrected chi connectivity index (χ0v) is 17.0. The zero-order valence-electron chi connectivity index (χ0n) is 17.0. The molecule has 0 aliphatic rings. The second kappa shape index (κ2) is 10.1. The number of pyridine rings is 1. The lowest BCUT2D eigenvalue weighted by atomic mass is 10.1. The van der Waals surface area contributed by atoms with Crippen LogP contribution in [0.2, 0.25) is 0 Å². The molecule has 0 radical (unpaired) electrons. The molecule has 1 aromatic heterocycles. The van der Waals surface area contributed by atoms with Crippen LogP contribution in [0.4, 0.5) is 5.69 Å². The van der Waals surface area contributed by atoms with E-state index in [-0.39, 0.29) is 5.84 Å². The number of aliphatic carboxylic acids is 1. The molecule has 0 unspecified atom stereocenters. The molecule has 1 heterocycles. The predicted molar refractivity (Wildman–Crippen MR) is 118 cm³/mol. The second-order valence-corrected chi connectivity index (χ2v) is 6.72. The summed E-state index contributed by atoms with van der Waals surface area (Å²) in [6, 6.07) is 14.4.